The van der Waals surface area contributed by atoms with Gasteiger partial charge in [0.1, 0.15) is 0 Å². The Kier molecular flexibility index (Phi) is 8.98. The van der Waals surface area contributed by atoms with Crippen molar-refractivity contribution in [3.63, 3.8) is 0 Å². The highest BCUT2D eigenvalue weighted by molar-refractivity contribution is 7.90. The molecule has 2 heterocycles. The highest BCUT2D eigenvalue weighted by Crippen LogP contribution is 2.31. The van der Waals surface area contributed by atoms with E-state index < -0.39 is 16.1 Å². The van der Waals surface area contributed by atoms with Gasteiger partial charge in [-0.2, -0.15) is 0 Å². The molecule has 4 N–H and O–H groups in total. The van der Waals surface area contributed by atoms with Crippen LogP contribution in [0.3, 0.4) is 0 Å². The van der Waals surface area contributed by atoms with Crippen molar-refractivity contribution in [2.24, 2.45) is 0 Å². The summed E-state index contributed by atoms with van der Waals surface area (Å²) in [5, 5.41) is 6.45. The molecule has 0 bridgehead atoms. The van der Waals surface area contributed by atoms with Crippen LogP contribution in [-0.4, -0.2) is 36.9 Å². The minimum absolute atomic E-state index is 0.0668. The minimum atomic E-state index is -4.01. The number of H-pyrrole nitrogens is 1. The summed E-state index contributed by atoms with van der Waals surface area (Å²) in [6.45, 7) is 4.42. The number of carbonyl (C=O) groups excluding carboxylic acids is 2. The van der Waals surface area contributed by atoms with Crippen molar-refractivity contribution in [2.45, 2.75) is 50.8 Å². The zero-order valence-corrected chi connectivity index (χ0v) is 22.9. The first-order valence-electron chi connectivity index (χ1n) is 13.0. The van der Waals surface area contributed by atoms with Crippen molar-refractivity contribution in [2.75, 3.05) is 11.9 Å². The molecule has 0 saturated carbocycles. The van der Waals surface area contributed by atoms with Crippen LogP contribution >= 0.6 is 0 Å². The number of hydrogen-bond acceptors (Lipinski definition) is 5. The Morgan fingerprint density at radius 2 is 1.79 bits per heavy atom. The molecule has 0 saturated heterocycles. The van der Waals surface area contributed by atoms with Gasteiger partial charge < -0.3 is 15.6 Å². The largest absolute Gasteiger partial charge is 0.353 e. The van der Waals surface area contributed by atoms with Crippen LogP contribution in [0.15, 0.2) is 71.8 Å². The Hall–Kier alpha value is -4.18. The third-order valence-corrected chi connectivity index (χ3v) is 7.65. The van der Waals surface area contributed by atoms with E-state index in [1.54, 1.807) is 6.20 Å². The Balaban J connectivity index is 1.36. The third kappa shape index (κ3) is 7.23. The smallest absolute Gasteiger partial charge is 0.328 e. The van der Waals surface area contributed by atoms with Gasteiger partial charge in [0, 0.05) is 35.8 Å². The quantitative estimate of drug-likeness (QED) is 0.189. The van der Waals surface area contributed by atoms with E-state index >= 15 is 0 Å². The predicted molar refractivity (Wildman–Crippen MR) is 153 cm³/mol. The summed E-state index contributed by atoms with van der Waals surface area (Å²) in [5.41, 5.74) is 5.61. The lowest BCUT2D eigenvalue weighted by Crippen LogP contribution is -2.39. The van der Waals surface area contributed by atoms with Gasteiger partial charge >= 0.3 is 6.03 Å². The van der Waals surface area contributed by atoms with E-state index in [2.05, 4.69) is 45.7 Å². The highest BCUT2D eigenvalue weighted by Gasteiger charge is 2.18. The molecule has 4 rings (SSSR count). The number of anilines is 1. The Morgan fingerprint density at radius 3 is 2.51 bits per heavy atom. The van der Waals surface area contributed by atoms with E-state index in [9.17, 15) is 18.0 Å². The number of nitrogens with one attached hydrogen (secondary N) is 4. The number of sulfonamides is 1. The molecule has 204 valence electrons. The van der Waals surface area contributed by atoms with Crippen molar-refractivity contribution in [3.05, 3.63) is 78.0 Å². The van der Waals surface area contributed by atoms with Crippen molar-refractivity contribution in [1.82, 2.24) is 20.0 Å². The SMILES string of the molecule is CCCCNC(=O)NS(=O)(=O)c1ccc(NC(=O)CCCc2c(-c3ccccn3)[nH]c3ccc(C)cc23)cc1. The summed E-state index contributed by atoms with van der Waals surface area (Å²) < 4.78 is 26.9. The molecule has 2 aromatic heterocycles. The number of pyridine rings is 1. The topological polar surface area (TPSA) is 133 Å². The zero-order valence-electron chi connectivity index (χ0n) is 22.1. The first-order chi connectivity index (χ1) is 18.8. The van der Waals surface area contributed by atoms with Gasteiger partial charge in [0.05, 0.1) is 16.3 Å². The highest BCUT2D eigenvalue weighted by atomic mass is 32.2. The Morgan fingerprint density at radius 1 is 1.00 bits per heavy atom. The Bertz CT molecular complexity index is 1550. The fourth-order valence-corrected chi connectivity index (χ4v) is 5.24. The molecule has 0 atom stereocenters. The van der Waals surface area contributed by atoms with Gasteiger partial charge in [0.15, 0.2) is 0 Å². The van der Waals surface area contributed by atoms with E-state index in [-0.39, 0.29) is 10.8 Å². The van der Waals surface area contributed by atoms with Crippen LogP contribution in [0.25, 0.3) is 22.3 Å². The molecule has 4 aromatic rings. The molecule has 0 radical (unpaired) electrons. The average Bonchev–Trinajstić information content (AvgIpc) is 3.27. The summed E-state index contributed by atoms with van der Waals surface area (Å²) >= 11 is 0. The average molecular weight is 548 g/mol. The second-order valence-corrected chi connectivity index (χ2v) is 11.1. The number of amides is 3. The van der Waals surface area contributed by atoms with Crippen molar-refractivity contribution < 1.29 is 18.0 Å². The normalized spacial score (nSPS) is 11.3. The van der Waals surface area contributed by atoms with Crippen LogP contribution in [0.1, 0.15) is 43.7 Å². The maximum absolute atomic E-state index is 12.7. The third-order valence-electron chi connectivity index (χ3n) is 6.30. The molecule has 10 heteroatoms. The van der Waals surface area contributed by atoms with Gasteiger partial charge in [-0.1, -0.05) is 31.0 Å². The number of urea groups is 1. The number of rotatable bonds is 11. The zero-order chi connectivity index (χ0) is 27.8. The molecule has 0 aliphatic rings. The Labute approximate surface area is 228 Å². The summed E-state index contributed by atoms with van der Waals surface area (Å²) in [7, 11) is -4.01. The molecule has 0 spiro atoms. The molecule has 9 nitrogen and oxygen atoms in total. The maximum Gasteiger partial charge on any atom is 0.328 e. The van der Waals surface area contributed by atoms with Crippen LogP contribution in [0.2, 0.25) is 0 Å². The lowest BCUT2D eigenvalue weighted by Gasteiger charge is -2.10. The monoisotopic (exact) mass is 547 g/mol. The van der Waals surface area contributed by atoms with Crippen LogP contribution in [-0.2, 0) is 21.2 Å². The van der Waals surface area contributed by atoms with E-state index in [4.69, 9.17) is 0 Å². The van der Waals surface area contributed by atoms with Crippen molar-refractivity contribution in [3.8, 4) is 11.4 Å². The molecule has 39 heavy (non-hydrogen) atoms. The summed E-state index contributed by atoms with van der Waals surface area (Å²) in [6, 6.07) is 17.0. The van der Waals surface area contributed by atoms with Crippen LogP contribution in [0.5, 0.6) is 0 Å². The molecule has 0 aliphatic heterocycles. The molecular formula is C29H33N5O4S. The summed E-state index contributed by atoms with van der Waals surface area (Å²) in [4.78, 5) is 32.4. The predicted octanol–water partition coefficient (Wildman–Crippen LogP) is 5.29. The fourth-order valence-electron chi connectivity index (χ4n) is 4.31. The first kappa shape index (κ1) is 27.8. The minimum Gasteiger partial charge on any atom is -0.353 e. The standard InChI is InChI=1S/C29H33N5O4S/c1-3-4-17-31-29(36)34-39(37,38)22-14-12-21(13-15-22)32-27(35)10-7-8-23-24-19-20(2)11-16-25(24)33-28(23)26-9-5-6-18-30-26/h5-6,9,11-16,18-19,33H,3-4,7-8,10,17H2,1-2H3,(H,32,35)(H2,31,34,36). The number of aromatic nitrogens is 2. The number of aryl methyl sites for hydroxylation is 2. The van der Waals surface area contributed by atoms with Crippen molar-refractivity contribution in [1.29, 1.82) is 0 Å². The van der Waals surface area contributed by atoms with Crippen LogP contribution < -0.4 is 15.4 Å². The van der Waals surface area contributed by atoms with Gasteiger partial charge in [0.2, 0.25) is 5.91 Å². The van der Waals surface area contributed by atoms with E-state index in [1.807, 2.05) is 29.8 Å². The lowest BCUT2D eigenvalue weighted by atomic mass is 10.0. The lowest BCUT2D eigenvalue weighted by molar-refractivity contribution is -0.116. The van der Waals surface area contributed by atoms with Crippen LogP contribution in [0.4, 0.5) is 10.5 Å². The van der Waals surface area contributed by atoms with Gasteiger partial charge in [-0.05, 0) is 80.3 Å². The fraction of sp³-hybridized carbons (Fsp3) is 0.276. The van der Waals surface area contributed by atoms with Crippen LogP contribution in [0, 0.1) is 6.92 Å². The molecule has 0 fully saturated rings. The van der Waals surface area contributed by atoms with E-state index in [0.29, 0.717) is 31.5 Å². The molecule has 3 amide bonds. The number of carbonyl (C=O) groups is 2. The van der Waals surface area contributed by atoms with Gasteiger partial charge in [-0.15, -0.1) is 0 Å². The molecule has 0 unspecified atom stereocenters. The van der Waals surface area contributed by atoms with Gasteiger partial charge in [0.25, 0.3) is 10.0 Å². The first-order valence-corrected chi connectivity index (χ1v) is 14.5. The number of unbranched alkanes of at least 4 members (excludes halogenated alkanes) is 1. The van der Waals surface area contributed by atoms with Gasteiger partial charge in [-0.25, -0.2) is 17.9 Å². The van der Waals surface area contributed by atoms with Gasteiger partial charge in [-0.3, -0.25) is 9.78 Å². The number of benzene rings is 2. The second kappa shape index (κ2) is 12.6. The van der Waals surface area contributed by atoms with E-state index in [0.717, 1.165) is 46.3 Å². The maximum atomic E-state index is 12.7. The summed E-state index contributed by atoms with van der Waals surface area (Å²) in [6.07, 6.45) is 5.00. The number of hydrogen-bond donors (Lipinski definition) is 4. The number of aromatic amines is 1. The molecule has 2 aromatic carbocycles. The summed E-state index contributed by atoms with van der Waals surface area (Å²) in [5.74, 6) is -0.172. The second-order valence-electron chi connectivity index (χ2n) is 9.38. The molecular weight excluding hydrogens is 514 g/mol. The molecule has 0 aliphatic carbocycles. The number of nitrogens with zero attached hydrogens (tertiary/aromatic N) is 1. The number of fused-ring (bicyclic) bond motifs is 1. The van der Waals surface area contributed by atoms with E-state index in [1.165, 1.54) is 24.3 Å². The van der Waals surface area contributed by atoms with Crippen molar-refractivity contribution >= 4 is 38.6 Å².